The van der Waals surface area contributed by atoms with Gasteiger partial charge >= 0.3 is 6.09 Å². The van der Waals surface area contributed by atoms with Crippen LogP contribution in [0.4, 0.5) is 4.79 Å². The Bertz CT molecular complexity index is 969. The molecule has 0 aliphatic rings. The van der Waals surface area contributed by atoms with Gasteiger partial charge in [-0.3, -0.25) is 0 Å². The molecule has 188 valence electrons. The van der Waals surface area contributed by atoms with E-state index in [1.54, 1.807) is 13.8 Å². The lowest BCUT2D eigenvalue weighted by molar-refractivity contribution is 0.0870. The normalized spacial score (nSPS) is 13.8. The van der Waals surface area contributed by atoms with E-state index in [4.69, 9.17) is 4.74 Å². The molecule has 2 atom stereocenters. The monoisotopic (exact) mass is 491 g/mol. The molecule has 2 aromatic carbocycles. The highest BCUT2D eigenvalue weighted by atomic mass is 32.2. The third kappa shape index (κ3) is 9.80. The Kier molecular flexibility index (Phi) is 11.0. The molecule has 2 rings (SSSR count). The van der Waals surface area contributed by atoms with Crippen molar-refractivity contribution in [2.75, 3.05) is 13.1 Å². The smallest absolute Gasteiger partial charge is 0.407 e. The highest BCUT2D eigenvalue weighted by Crippen LogP contribution is 2.12. The largest absolute Gasteiger partial charge is 0.445 e. The number of nitrogens with one attached hydrogen (secondary N) is 2. The minimum absolute atomic E-state index is 0.0484. The second-order valence-electron chi connectivity index (χ2n) is 9.06. The quantitative estimate of drug-likeness (QED) is 0.399. The third-order valence-electron chi connectivity index (χ3n) is 4.96. The van der Waals surface area contributed by atoms with Crippen molar-refractivity contribution in [1.82, 2.24) is 14.3 Å². The number of nitrogens with zero attached hydrogens (tertiary/aromatic N) is 1. The van der Waals surface area contributed by atoms with Crippen molar-refractivity contribution in [3.8, 4) is 0 Å². The minimum atomic E-state index is -3.81. The molecular formula is C25H37N3O5S. The zero-order valence-electron chi connectivity index (χ0n) is 20.3. The van der Waals surface area contributed by atoms with Gasteiger partial charge in [0.15, 0.2) is 0 Å². The van der Waals surface area contributed by atoms with Crippen molar-refractivity contribution in [3.05, 3.63) is 71.8 Å². The molecule has 0 bridgehead atoms. The maximum Gasteiger partial charge on any atom is 0.407 e. The average Bonchev–Trinajstić information content (AvgIpc) is 2.77. The molecule has 34 heavy (non-hydrogen) atoms. The second-order valence-corrected chi connectivity index (χ2v) is 10.8. The van der Waals surface area contributed by atoms with E-state index < -0.39 is 28.4 Å². The molecule has 0 aromatic heterocycles. The van der Waals surface area contributed by atoms with Crippen LogP contribution in [0.1, 0.15) is 38.8 Å². The molecule has 0 saturated carbocycles. The summed E-state index contributed by atoms with van der Waals surface area (Å²) in [6.45, 7) is 7.45. The zero-order chi connectivity index (χ0) is 25.1. The summed E-state index contributed by atoms with van der Waals surface area (Å²) in [6, 6.07) is 17.6. The van der Waals surface area contributed by atoms with Gasteiger partial charge in [0, 0.05) is 19.1 Å². The summed E-state index contributed by atoms with van der Waals surface area (Å²) >= 11 is 0. The van der Waals surface area contributed by atoms with Crippen LogP contribution >= 0.6 is 0 Å². The Morgan fingerprint density at radius 2 is 1.50 bits per heavy atom. The average molecular weight is 492 g/mol. The Balaban J connectivity index is 2.15. The Hall–Kier alpha value is -2.46. The molecule has 3 N–H and O–H groups in total. The molecule has 0 aliphatic heterocycles. The fraction of sp³-hybridized carbons (Fsp3) is 0.480. The van der Waals surface area contributed by atoms with Crippen molar-refractivity contribution in [2.45, 2.75) is 58.9 Å². The number of carbonyl (C=O) groups excluding carboxylic acids is 1. The maximum absolute atomic E-state index is 12.9. The SMILES string of the molecule is CC(C)CN(C[C@@H](O)[C@H](Cc1ccccc1)NC(=O)OCc1ccccc1)S(=O)(=O)NC(C)C. The molecule has 0 spiro atoms. The van der Waals surface area contributed by atoms with E-state index in [2.05, 4.69) is 10.0 Å². The van der Waals surface area contributed by atoms with Crippen LogP contribution in [0.3, 0.4) is 0 Å². The van der Waals surface area contributed by atoms with Gasteiger partial charge in [-0.15, -0.1) is 0 Å². The van der Waals surface area contributed by atoms with Gasteiger partial charge in [0.25, 0.3) is 10.2 Å². The summed E-state index contributed by atoms with van der Waals surface area (Å²) in [5.41, 5.74) is 1.74. The van der Waals surface area contributed by atoms with Crippen molar-refractivity contribution in [1.29, 1.82) is 0 Å². The predicted molar refractivity (Wildman–Crippen MR) is 133 cm³/mol. The van der Waals surface area contributed by atoms with Crippen molar-refractivity contribution >= 4 is 16.3 Å². The molecule has 8 nitrogen and oxygen atoms in total. The first-order valence-corrected chi connectivity index (χ1v) is 13.0. The molecular weight excluding hydrogens is 454 g/mol. The molecule has 0 heterocycles. The summed E-state index contributed by atoms with van der Waals surface area (Å²) in [5, 5.41) is 13.8. The molecule has 0 fully saturated rings. The van der Waals surface area contributed by atoms with E-state index in [1.807, 2.05) is 74.5 Å². The van der Waals surface area contributed by atoms with E-state index in [0.29, 0.717) is 6.42 Å². The molecule has 1 amide bonds. The lowest BCUT2D eigenvalue weighted by Crippen LogP contribution is -2.53. The number of alkyl carbamates (subject to hydrolysis) is 1. The van der Waals surface area contributed by atoms with Crippen LogP contribution in [0.5, 0.6) is 0 Å². The Labute approximate surface area is 203 Å². The van der Waals surface area contributed by atoms with E-state index >= 15 is 0 Å². The number of hydrogen-bond acceptors (Lipinski definition) is 5. The first-order valence-electron chi connectivity index (χ1n) is 11.5. The Morgan fingerprint density at radius 3 is 2.03 bits per heavy atom. The predicted octanol–water partition coefficient (Wildman–Crippen LogP) is 3.09. The first-order chi connectivity index (χ1) is 16.1. The number of ether oxygens (including phenoxy) is 1. The third-order valence-corrected chi connectivity index (χ3v) is 6.71. The van der Waals surface area contributed by atoms with Gasteiger partial charge in [0.2, 0.25) is 0 Å². The van der Waals surface area contributed by atoms with Gasteiger partial charge in [0.1, 0.15) is 6.61 Å². The summed E-state index contributed by atoms with van der Waals surface area (Å²) in [6.07, 6.45) is -1.52. The van der Waals surface area contributed by atoms with Crippen molar-refractivity contribution in [2.24, 2.45) is 5.92 Å². The number of carbonyl (C=O) groups is 1. The van der Waals surface area contributed by atoms with Crippen LogP contribution in [0.2, 0.25) is 0 Å². The van der Waals surface area contributed by atoms with Crippen LogP contribution in [-0.4, -0.2) is 55.2 Å². The molecule has 9 heteroatoms. The topological polar surface area (TPSA) is 108 Å². The van der Waals surface area contributed by atoms with Gasteiger partial charge in [-0.05, 0) is 37.3 Å². The summed E-state index contributed by atoms with van der Waals surface area (Å²) in [5.74, 6) is 0.0484. The fourth-order valence-electron chi connectivity index (χ4n) is 3.45. The molecule has 0 radical (unpaired) electrons. The highest BCUT2D eigenvalue weighted by Gasteiger charge is 2.30. The number of aliphatic hydroxyl groups excluding tert-OH is 1. The van der Waals surface area contributed by atoms with Crippen LogP contribution in [-0.2, 0) is 28.0 Å². The second kappa shape index (κ2) is 13.4. The standard InChI is InChI=1S/C25H37N3O5S/c1-19(2)16-28(34(31,32)27-20(3)4)17-24(29)23(15-21-11-7-5-8-12-21)26-25(30)33-18-22-13-9-6-10-14-22/h5-14,19-20,23-24,27,29H,15-18H2,1-4H3,(H,26,30)/t23-,24+/m0/s1. The lowest BCUT2D eigenvalue weighted by Gasteiger charge is -2.31. The molecule has 0 saturated heterocycles. The van der Waals surface area contributed by atoms with Gasteiger partial charge in [-0.1, -0.05) is 74.5 Å². The van der Waals surface area contributed by atoms with Gasteiger partial charge in [0.05, 0.1) is 12.1 Å². The van der Waals surface area contributed by atoms with E-state index in [9.17, 15) is 18.3 Å². The van der Waals surface area contributed by atoms with Crippen LogP contribution in [0, 0.1) is 5.92 Å². The van der Waals surface area contributed by atoms with E-state index in [-0.39, 0.29) is 31.7 Å². The number of rotatable bonds is 13. The first kappa shape index (κ1) is 27.8. The molecule has 0 unspecified atom stereocenters. The molecule has 2 aromatic rings. The van der Waals surface area contributed by atoms with Gasteiger partial charge in [-0.2, -0.15) is 17.4 Å². The van der Waals surface area contributed by atoms with E-state index in [0.717, 1.165) is 11.1 Å². The number of benzene rings is 2. The number of aliphatic hydroxyl groups is 1. The van der Waals surface area contributed by atoms with Crippen LogP contribution in [0.15, 0.2) is 60.7 Å². The lowest BCUT2D eigenvalue weighted by atomic mass is 10.0. The van der Waals surface area contributed by atoms with E-state index in [1.165, 1.54) is 4.31 Å². The summed E-state index contributed by atoms with van der Waals surface area (Å²) in [4.78, 5) is 12.5. The highest BCUT2D eigenvalue weighted by molar-refractivity contribution is 7.87. The fourth-order valence-corrected chi connectivity index (χ4v) is 5.04. The van der Waals surface area contributed by atoms with Crippen LogP contribution in [0.25, 0.3) is 0 Å². The number of amides is 1. The van der Waals surface area contributed by atoms with Gasteiger partial charge in [-0.25, -0.2) is 4.79 Å². The van der Waals surface area contributed by atoms with Crippen molar-refractivity contribution in [3.63, 3.8) is 0 Å². The number of hydrogen-bond donors (Lipinski definition) is 3. The zero-order valence-corrected chi connectivity index (χ0v) is 21.2. The minimum Gasteiger partial charge on any atom is -0.445 e. The van der Waals surface area contributed by atoms with Crippen LogP contribution < -0.4 is 10.0 Å². The Morgan fingerprint density at radius 1 is 0.941 bits per heavy atom. The summed E-state index contributed by atoms with van der Waals surface area (Å²) in [7, 11) is -3.81. The molecule has 0 aliphatic carbocycles. The van der Waals surface area contributed by atoms with Gasteiger partial charge < -0.3 is 15.2 Å². The maximum atomic E-state index is 12.9. The van der Waals surface area contributed by atoms with Crippen molar-refractivity contribution < 1.29 is 23.1 Å². The summed E-state index contributed by atoms with van der Waals surface area (Å²) < 4.78 is 34.9.